The van der Waals surface area contributed by atoms with E-state index in [2.05, 4.69) is 24.2 Å². The number of fused-ring (bicyclic) bond motifs is 1. The standard InChI is InChI=1S/C14H13N3/c1-10-7-8-12-13(9-10)17(16-14(12)15)11-5-3-2-4-6-11/h2-9H,1H3,(H2,15,16). The maximum Gasteiger partial charge on any atom is 0.153 e. The first-order chi connectivity index (χ1) is 8.25. The van der Waals surface area contributed by atoms with Gasteiger partial charge >= 0.3 is 0 Å². The Kier molecular flexibility index (Phi) is 2.11. The Bertz CT molecular complexity index is 669. The molecule has 3 aromatic rings. The van der Waals surface area contributed by atoms with Crippen LogP contribution in [0.15, 0.2) is 48.5 Å². The summed E-state index contributed by atoms with van der Waals surface area (Å²) >= 11 is 0. The third-order valence-electron chi connectivity index (χ3n) is 2.87. The molecule has 0 aliphatic rings. The van der Waals surface area contributed by atoms with Crippen LogP contribution in [0.3, 0.4) is 0 Å². The Morgan fingerprint density at radius 2 is 1.82 bits per heavy atom. The van der Waals surface area contributed by atoms with E-state index in [-0.39, 0.29) is 0 Å². The van der Waals surface area contributed by atoms with Gasteiger partial charge < -0.3 is 5.73 Å². The number of para-hydroxylation sites is 1. The van der Waals surface area contributed by atoms with E-state index in [0.717, 1.165) is 16.6 Å². The van der Waals surface area contributed by atoms with Crippen molar-refractivity contribution in [3.8, 4) is 5.69 Å². The maximum absolute atomic E-state index is 5.93. The zero-order valence-corrected chi connectivity index (χ0v) is 9.59. The summed E-state index contributed by atoms with van der Waals surface area (Å²) in [5.41, 5.74) is 9.21. The monoisotopic (exact) mass is 223 g/mol. The van der Waals surface area contributed by atoms with Crippen LogP contribution >= 0.6 is 0 Å². The third kappa shape index (κ3) is 1.56. The molecule has 0 bridgehead atoms. The van der Waals surface area contributed by atoms with Crippen LogP contribution in [0.2, 0.25) is 0 Å². The average molecular weight is 223 g/mol. The number of hydrogen-bond acceptors (Lipinski definition) is 2. The van der Waals surface area contributed by atoms with Crippen LogP contribution in [0.25, 0.3) is 16.6 Å². The number of nitrogens with two attached hydrogens (primary N) is 1. The molecule has 2 N–H and O–H groups in total. The molecule has 0 spiro atoms. The van der Waals surface area contributed by atoms with E-state index in [1.54, 1.807) is 0 Å². The van der Waals surface area contributed by atoms with Crippen molar-refractivity contribution < 1.29 is 0 Å². The van der Waals surface area contributed by atoms with Gasteiger partial charge in [-0.3, -0.25) is 0 Å². The number of aryl methyl sites for hydroxylation is 1. The number of nitrogens with zero attached hydrogens (tertiary/aromatic N) is 2. The second-order valence-corrected chi connectivity index (χ2v) is 4.15. The lowest BCUT2D eigenvalue weighted by Crippen LogP contribution is -1.96. The second-order valence-electron chi connectivity index (χ2n) is 4.15. The molecular formula is C14H13N3. The topological polar surface area (TPSA) is 43.8 Å². The highest BCUT2D eigenvalue weighted by Gasteiger charge is 2.08. The van der Waals surface area contributed by atoms with Gasteiger partial charge in [0.15, 0.2) is 5.82 Å². The summed E-state index contributed by atoms with van der Waals surface area (Å²) in [5.74, 6) is 0.573. The lowest BCUT2D eigenvalue weighted by molar-refractivity contribution is 0.916. The molecule has 3 heteroatoms. The molecular weight excluding hydrogens is 210 g/mol. The molecule has 3 nitrogen and oxygen atoms in total. The Balaban J connectivity index is 2.34. The zero-order chi connectivity index (χ0) is 11.8. The highest BCUT2D eigenvalue weighted by Crippen LogP contribution is 2.24. The van der Waals surface area contributed by atoms with Crippen molar-refractivity contribution in [1.29, 1.82) is 0 Å². The lowest BCUT2D eigenvalue weighted by Gasteiger charge is -2.02. The Morgan fingerprint density at radius 1 is 1.06 bits per heavy atom. The van der Waals surface area contributed by atoms with E-state index in [0.29, 0.717) is 5.82 Å². The van der Waals surface area contributed by atoms with Gasteiger partial charge in [-0.1, -0.05) is 24.3 Å². The van der Waals surface area contributed by atoms with E-state index < -0.39 is 0 Å². The molecule has 0 saturated heterocycles. The Morgan fingerprint density at radius 3 is 2.59 bits per heavy atom. The van der Waals surface area contributed by atoms with Gasteiger partial charge in [0.2, 0.25) is 0 Å². The van der Waals surface area contributed by atoms with Crippen molar-refractivity contribution in [2.24, 2.45) is 0 Å². The van der Waals surface area contributed by atoms with Gasteiger partial charge in [-0.05, 0) is 36.8 Å². The zero-order valence-electron chi connectivity index (χ0n) is 9.59. The molecule has 1 aromatic heterocycles. The molecule has 2 aromatic carbocycles. The molecule has 1 heterocycles. The van der Waals surface area contributed by atoms with Crippen LogP contribution in [0.1, 0.15) is 5.56 Å². The predicted octanol–water partition coefficient (Wildman–Crippen LogP) is 2.92. The molecule has 0 amide bonds. The van der Waals surface area contributed by atoms with Gasteiger partial charge in [-0.2, -0.15) is 0 Å². The van der Waals surface area contributed by atoms with E-state index in [1.807, 2.05) is 41.1 Å². The average Bonchev–Trinajstić information content (AvgIpc) is 2.67. The molecule has 17 heavy (non-hydrogen) atoms. The van der Waals surface area contributed by atoms with Gasteiger partial charge in [-0.15, -0.1) is 5.10 Å². The van der Waals surface area contributed by atoms with Crippen molar-refractivity contribution in [2.75, 3.05) is 5.73 Å². The molecule has 0 saturated carbocycles. The second kappa shape index (κ2) is 3.63. The minimum Gasteiger partial charge on any atom is -0.382 e. The van der Waals surface area contributed by atoms with Crippen LogP contribution < -0.4 is 5.73 Å². The lowest BCUT2D eigenvalue weighted by atomic mass is 10.2. The minimum atomic E-state index is 0.573. The molecule has 0 aliphatic heterocycles. The van der Waals surface area contributed by atoms with E-state index in [1.165, 1.54) is 5.56 Å². The number of anilines is 1. The van der Waals surface area contributed by atoms with Crippen LogP contribution in [-0.2, 0) is 0 Å². The molecule has 0 radical (unpaired) electrons. The summed E-state index contributed by atoms with van der Waals surface area (Å²) in [5, 5.41) is 5.40. The highest BCUT2D eigenvalue weighted by molar-refractivity contribution is 5.90. The van der Waals surface area contributed by atoms with Gasteiger partial charge in [0, 0.05) is 5.39 Å². The van der Waals surface area contributed by atoms with Crippen molar-refractivity contribution in [1.82, 2.24) is 9.78 Å². The molecule has 0 aliphatic carbocycles. The number of benzene rings is 2. The van der Waals surface area contributed by atoms with Crippen LogP contribution in [0, 0.1) is 6.92 Å². The number of aromatic nitrogens is 2. The summed E-state index contributed by atoms with van der Waals surface area (Å²) in [6.07, 6.45) is 0. The molecule has 3 rings (SSSR count). The van der Waals surface area contributed by atoms with E-state index in [9.17, 15) is 0 Å². The first-order valence-electron chi connectivity index (χ1n) is 5.56. The van der Waals surface area contributed by atoms with Gasteiger partial charge in [0.05, 0.1) is 11.2 Å². The Hall–Kier alpha value is -2.29. The van der Waals surface area contributed by atoms with Gasteiger partial charge in [0.25, 0.3) is 0 Å². The van der Waals surface area contributed by atoms with E-state index in [4.69, 9.17) is 5.73 Å². The number of hydrogen-bond donors (Lipinski definition) is 1. The maximum atomic E-state index is 5.93. The molecule has 0 fully saturated rings. The van der Waals surface area contributed by atoms with Gasteiger partial charge in [-0.25, -0.2) is 4.68 Å². The normalized spacial score (nSPS) is 10.9. The van der Waals surface area contributed by atoms with Crippen molar-refractivity contribution >= 4 is 16.7 Å². The minimum absolute atomic E-state index is 0.573. The molecule has 0 unspecified atom stereocenters. The van der Waals surface area contributed by atoms with Crippen molar-refractivity contribution in [2.45, 2.75) is 6.92 Å². The smallest absolute Gasteiger partial charge is 0.153 e. The first kappa shape index (κ1) is 9.90. The SMILES string of the molecule is Cc1ccc2c(N)nn(-c3ccccc3)c2c1. The number of nitrogen functional groups attached to an aromatic ring is 1. The summed E-state index contributed by atoms with van der Waals surface area (Å²) in [6.45, 7) is 2.07. The fourth-order valence-corrected chi connectivity index (χ4v) is 2.01. The fraction of sp³-hybridized carbons (Fsp3) is 0.0714. The fourth-order valence-electron chi connectivity index (χ4n) is 2.01. The highest BCUT2D eigenvalue weighted by atomic mass is 15.3. The van der Waals surface area contributed by atoms with Gasteiger partial charge in [0.1, 0.15) is 0 Å². The van der Waals surface area contributed by atoms with Crippen LogP contribution in [-0.4, -0.2) is 9.78 Å². The first-order valence-corrected chi connectivity index (χ1v) is 5.56. The summed E-state index contributed by atoms with van der Waals surface area (Å²) in [7, 11) is 0. The quantitative estimate of drug-likeness (QED) is 0.689. The summed E-state index contributed by atoms with van der Waals surface area (Å²) < 4.78 is 1.89. The summed E-state index contributed by atoms with van der Waals surface area (Å²) in [4.78, 5) is 0. The van der Waals surface area contributed by atoms with Crippen molar-refractivity contribution in [3.05, 3.63) is 54.1 Å². The molecule has 84 valence electrons. The van der Waals surface area contributed by atoms with Crippen LogP contribution in [0.5, 0.6) is 0 Å². The largest absolute Gasteiger partial charge is 0.382 e. The van der Waals surface area contributed by atoms with E-state index >= 15 is 0 Å². The van der Waals surface area contributed by atoms with Crippen molar-refractivity contribution in [3.63, 3.8) is 0 Å². The Labute approximate surface area is 99.5 Å². The third-order valence-corrected chi connectivity index (χ3v) is 2.87. The number of rotatable bonds is 1. The molecule has 0 atom stereocenters. The predicted molar refractivity (Wildman–Crippen MR) is 70.2 cm³/mol. The summed E-state index contributed by atoms with van der Waals surface area (Å²) in [6, 6.07) is 16.2. The van der Waals surface area contributed by atoms with Crippen LogP contribution in [0.4, 0.5) is 5.82 Å².